The highest BCUT2D eigenvalue weighted by atomic mass is 35.5. The largest absolute Gasteiger partial charge is 0.352 e. The second kappa shape index (κ2) is 7.60. The van der Waals surface area contributed by atoms with Crippen molar-refractivity contribution in [3.8, 4) is 0 Å². The maximum Gasteiger partial charge on any atom is 0.274 e. The molecule has 0 spiro atoms. The molecule has 142 valence electrons. The van der Waals surface area contributed by atoms with Crippen molar-refractivity contribution in [3.05, 3.63) is 81.8 Å². The summed E-state index contributed by atoms with van der Waals surface area (Å²) >= 11 is 6.06. The third-order valence-electron chi connectivity index (χ3n) is 4.96. The number of hydrogen-bond acceptors (Lipinski definition) is 4. The number of fused-ring (bicyclic) bond motifs is 1. The molecule has 1 aromatic heterocycles. The first-order valence-corrected chi connectivity index (χ1v) is 9.62. The molecule has 0 radical (unpaired) electrons. The topological polar surface area (TPSA) is 58.1 Å². The number of carbonyl (C=O) groups is 1. The van der Waals surface area contributed by atoms with Crippen LogP contribution in [0.15, 0.2) is 48.5 Å². The lowest BCUT2D eigenvalue weighted by Crippen LogP contribution is -2.31. The Balaban J connectivity index is 1.59. The Kier molecular flexibility index (Phi) is 5.01. The zero-order chi connectivity index (χ0) is 19.7. The van der Waals surface area contributed by atoms with Gasteiger partial charge in [0.15, 0.2) is 0 Å². The zero-order valence-corrected chi connectivity index (χ0v) is 16.6. The van der Waals surface area contributed by atoms with Crippen LogP contribution in [-0.4, -0.2) is 22.4 Å². The van der Waals surface area contributed by atoms with E-state index in [2.05, 4.69) is 44.5 Å². The summed E-state index contributed by atoms with van der Waals surface area (Å²) in [6, 6.07) is 15.6. The molecule has 0 aliphatic carbocycles. The number of benzene rings is 2. The van der Waals surface area contributed by atoms with Crippen molar-refractivity contribution < 1.29 is 4.79 Å². The Labute approximate surface area is 169 Å². The van der Waals surface area contributed by atoms with Crippen LogP contribution in [0.1, 0.15) is 33.0 Å². The molecule has 2 heterocycles. The average molecular weight is 393 g/mol. The molecule has 4 rings (SSSR count). The van der Waals surface area contributed by atoms with Crippen molar-refractivity contribution in [2.45, 2.75) is 26.8 Å². The average Bonchev–Trinajstić information content (AvgIpc) is 2.70. The Hall–Kier alpha value is -2.92. The summed E-state index contributed by atoms with van der Waals surface area (Å²) in [6.07, 6.45) is 0.961. The van der Waals surface area contributed by atoms with Crippen LogP contribution in [0.4, 0.5) is 11.5 Å². The lowest BCUT2D eigenvalue weighted by atomic mass is 10.00. The van der Waals surface area contributed by atoms with E-state index in [1.54, 1.807) is 18.2 Å². The van der Waals surface area contributed by atoms with E-state index in [4.69, 9.17) is 11.6 Å². The Bertz CT molecular complexity index is 1050. The van der Waals surface area contributed by atoms with Crippen molar-refractivity contribution in [2.75, 3.05) is 16.8 Å². The van der Waals surface area contributed by atoms with Gasteiger partial charge < -0.3 is 10.2 Å². The summed E-state index contributed by atoms with van der Waals surface area (Å²) in [5.74, 6) is 1.08. The highest BCUT2D eigenvalue weighted by Crippen LogP contribution is 2.24. The molecular formula is C22H21ClN4O. The summed E-state index contributed by atoms with van der Waals surface area (Å²) < 4.78 is 0. The van der Waals surface area contributed by atoms with Gasteiger partial charge in [-0.3, -0.25) is 4.79 Å². The monoisotopic (exact) mass is 392 g/mol. The van der Waals surface area contributed by atoms with Crippen LogP contribution >= 0.6 is 11.6 Å². The van der Waals surface area contributed by atoms with Gasteiger partial charge in [0.2, 0.25) is 0 Å². The van der Waals surface area contributed by atoms with Crippen LogP contribution in [0, 0.1) is 13.8 Å². The van der Waals surface area contributed by atoms with Crippen molar-refractivity contribution in [1.82, 2.24) is 9.97 Å². The Morgan fingerprint density at radius 3 is 2.68 bits per heavy atom. The van der Waals surface area contributed by atoms with E-state index in [9.17, 15) is 4.79 Å². The molecule has 0 unspecified atom stereocenters. The number of hydrogen-bond donors (Lipinski definition) is 1. The lowest BCUT2D eigenvalue weighted by molar-refractivity contribution is 0.102. The quantitative estimate of drug-likeness (QED) is 0.709. The van der Waals surface area contributed by atoms with E-state index < -0.39 is 0 Å². The number of aryl methyl sites for hydroxylation is 2. The molecule has 1 amide bonds. The standard InChI is InChI=1S/C22H21ClN4O/c1-14-7-8-18(23)11-19(14)26-22(28)20-12-21(25-15(2)24-20)27-10-9-16-5-3-4-6-17(16)13-27/h3-8,11-12H,9-10,13H2,1-2H3,(H,26,28). The molecule has 1 aliphatic heterocycles. The molecule has 0 fully saturated rings. The highest BCUT2D eigenvalue weighted by Gasteiger charge is 2.20. The van der Waals surface area contributed by atoms with Crippen molar-refractivity contribution in [1.29, 1.82) is 0 Å². The molecule has 0 saturated heterocycles. The third-order valence-corrected chi connectivity index (χ3v) is 5.19. The van der Waals surface area contributed by atoms with Gasteiger partial charge in [-0.15, -0.1) is 0 Å². The van der Waals surface area contributed by atoms with Gasteiger partial charge in [0.1, 0.15) is 17.3 Å². The minimum Gasteiger partial charge on any atom is -0.352 e. The lowest BCUT2D eigenvalue weighted by Gasteiger charge is -2.30. The Morgan fingerprint density at radius 1 is 1.07 bits per heavy atom. The fraction of sp³-hybridized carbons (Fsp3) is 0.227. The van der Waals surface area contributed by atoms with Gasteiger partial charge >= 0.3 is 0 Å². The number of amides is 1. The van der Waals surface area contributed by atoms with Crippen molar-refractivity contribution in [3.63, 3.8) is 0 Å². The maximum atomic E-state index is 12.8. The molecule has 28 heavy (non-hydrogen) atoms. The van der Waals surface area contributed by atoms with E-state index in [1.807, 2.05) is 19.9 Å². The van der Waals surface area contributed by atoms with E-state index >= 15 is 0 Å². The number of rotatable bonds is 3. The minimum absolute atomic E-state index is 0.269. The highest BCUT2D eigenvalue weighted by molar-refractivity contribution is 6.31. The van der Waals surface area contributed by atoms with E-state index in [0.29, 0.717) is 22.2 Å². The summed E-state index contributed by atoms with van der Waals surface area (Å²) in [7, 11) is 0. The first-order chi connectivity index (χ1) is 13.5. The number of nitrogens with one attached hydrogen (secondary N) is 1. The summed E-state index contributed by atoms with van der Waals surface area (Å²) in [4.78, 5) is 23.9. The fourth-order valence-electron chi connectivity index (χ4n) is 3.44. The van der Waals surface area contributed by atoms with Crippen molar-refractivity contribution in [2.24, 2.45) is 0 Å². The van der Waals surface area contributed by atoms with E-state index in [0.717, 1.165) is 30.9 Å². The molecule has 1 N–H and O–H groups in total. The molecule has 0 bridgehead atoms. The Morgan fingerprint density at radius 2 is 1.86 bits per heavy atom. The minimum atomic E-state index is -0.269. The van der Waals surface area contributed by atoms with Crippen LogP contribution in [0.3, 0.4) is 0 Å². The number of anilines is 2. The van der Waals surface area contributed by atoms with Gasteiger partial charge in [0.05, 0.1) is 0 Å². The first-order valence-electron chi connectivity index (χ1n) is 9.24. The third kappa shape index (κ3) is 3.85. The summed E-state index contributed by atoms with van der Waals surface area (Å²) in [6.45, 7) is 5.37. The van der Waals surface area contributed by atoms with Gasteiger partial charge in [-0.25, -0.2) is 9.97 Å². The molecule has 0 atom stereocenters. The number of halogens is 1. The van der Waals surface area contributed by atoms with Gasteiger partial charge in [0.25, 0.3) is 5.91 Å². The second-order valence-corrected chi connectivity index (χ2v) is 7.45. The number of carbonyl (C=O) groups excluding carboxylic acids is 1. The zero-order valence-electron chi connectivity index (χ0n) is 15.9. The van der Waals surface area contributed by atoms with Crippen molar-refractivity contribution >= 4 is 29.0 Å². The van der Waals surface area contributed by atoms with Crippen LogP contribution < -0.4 is 10.2 Å². The maximum absolute atomic E-state index is 12.8. The summed E-state index contributed by atoms with van der Waals surface area (Å²) in [5.41, 5.74) is 4.64. The smallest absolute Gasteiger partial charge is 0.274 e. The molecular weight excluding hydrogens is 372 g/mol. The van der Waals surface area contributed by atoms with Gasteiger partial charge in [-0.1, -0.05) is 41.9 Å². The molecule has 6 heteroatoms. The predicted octanol–water partition coefficient (Wildman–Crippen LogP) is 4.56. The first kappa shape index (κ1) is 18.4. The molecule has 2 aromatic carbocycles. The molecule has 1 aliphatic rings. The molecule has 5 nitrogen and oxygen atoms in total. The number of aromatic nitrogens is 2. The number of nitrogens with zero attached hydrogens (tertiary/aromatic N) is 3. The molecule has 3 aromatic rings. The van der Waals surface area contributed by atoms with Gasteiger partial charge in [-0.2, -0.15) is 0 Å². The van der Waals surface area contributed by atoms with Crippen LogP contribution in [0.2, 0.25) is 5.02 Å². The molecule has 0 saturated carbocycles. The predicted molar refractivity (Wildman–Crippen MR) is 112 cm³/mol. The second-order valence-electron chi connectivity index (χ2n) is 7.01. The van der Waals surface area contributed by atoms with E-state index in [1.165, 1.54) is 11.1 Å². The normalized spacial score (nSPS) is 13.2. The van der Waals surface area contributed by atoms with Crippen LogP contribution in [0.5, 0.6) is 0 Å². The van der Waals surface area contributed by atoms with Gasteiger partial charge in [0, 0.05) is 29.9 Å². The SMILES string of the molecule is Cc1nc(C(=O)Nc2cc(Cl)ccc2C)cc(N2CCc3ccccc3C2)n1. The van der Waals surface area contributed by atoms with Gasteiger partial charge in [-0.05, 0) is 49.1 Å². The summed E-state index contributed by atoms with van der Waals surface area (Å²) in [5, 5.41) is 3.48. The van der Waals surface area contributed by atoms with Crippen LogP contribution in [0.25, 0.3) is 0 Å². The van der Waals surface area contributed by atoms with E-state index in [-0.39, 0.29) is 5.91 Å². The fourth-order valence-corrected chi connectivity index (χ4v) is 3.61. The van der Waals surface area contributed by atoms with Crippen LogP contribution in [-0.2, 0) is 13.0 Å².